The van der Waals surface area contributed by atoms with E-state index in [0.29, 0.717) is 11.1 Å². The van der Waals surface area contributed by atoms with Crippen LogP contribution in [0.2, 0.25) is 0 Å². The summed E-state index contributed by atoms with van der Waals surface area (Å²) in [7, 11) is 1.35. The van der Waals surface area contributed by atoms with E-state index in [2.05, 4.69) is 10.1 Å². The van der Waals surface area contributed by atoms with E-state index < -0.39 is 12.0 Å². The second-order valence-corrected chi connectivity index (χ2v) is 5.95. The van der Waals surface area contributed by atoms with Gasteiger partial charge in [0.05, 0.1) is 12.7 Å². The van der Waals surface area contributed by atoms with Crippen LogP contribution in [0.4, 0.5) is 0 Å². The zero-order valence-electron chi connectivity index (χ0n) is 14.4. The third kappa shape index (κ3) is 5.43. The Hall–Kier alpha value is -2.66. The standard InChI is InChI=1S/C20H23NO4/c1-14(21-19(23)18(22)16-6-4-3-5-7-16)8-9-15-10-12-17(13-11-15)20(24)25-2/h3-7,10-14,18,22H,8-9H2,1-2H3,(H,21,23). The van der Waals surface area contributed by atoms with E-state index in [1.165, 1.54) is 7.11 Å². The van der Waals surface area contributed by atoms with E-state index in [4.69, 9.17) is 0 Å². The first-order valence-electron chi connectivity index (χ1n) is 8.22. The highest BCUT2D eigenvalue weighted by Crippen LogP contribution is 2.13. The Morgan fingerprint density at radius 3 is 2.32 bits per heavy atom. The molecule has 0 aliphatic carbocycles. The summed E-state index contributed by atoms with van der Waals surface area (Å²) in [5, 5.41) is 12.9. The van der Waals surface area contributed by atoms with Gasteiger partial charge in [-0.1, -0.05) is 42.5 Å². The molecule has 2 atom stereocenters. The average molecular weight is 341 g/mol. The Labute approximate surface area is 147 Å². The van der Waals surface area contributed by atoms with Crippen molar-refractivity contribution in [2.45, 2.75) is 31.9 Å². The van der Waals surface area contributed by atoms with Crippen molar-refractivity contribution in [3.8, 4) is 0 Å². The number of benzene rings is 2. The molecule has 5 nitrogen and oxygen atoms in total. The van der Waals surface area contributed by atoms with Crippen molar-refractivity contribution in [1.29, 1.82) is 0 Å². The zero-order valence-corrected chi connectivity index (χ0v) is 14.4. The average Bonchev–Trinajstić information content (AvgIpc) is 2.66. The molecule has 0 spiro atoms. The minimum Gasteiger partial charge on any atom is -0.465 e. The molecule has 2 unspecified atom stereocenters. The lowest BCUT2D eigenvalue weighted by Gasteiger charge is -2.17. The van der Waals surface area contributed by atoms with Gasteiger partial charge in [0, 0.05) is 6.04 Å². The van der Waals surface area contributed by atoms with Crippen molar-refractivity contribution >= 4 is 11.9 Å². The molecule has 0 bridgehead atoms. The maximum atomic E-state index is 12.1. The fourth-order valence-electron chi connectivity index (χ4n) is 2.49. The molecule has 2 aromatic rings. The molecule has 0 aromatic heterocycles. The predicted molar refractivity (Wildman–Crippen MR) is 95.1 cm³/mol. The van der Waals surface area contributed by atoms with Crippen molar-refractivity contribution in [2.24, 2.45) is 0 Å². The third-order valence-corrected chi connectivity index (χ3v) is 3.99. The minimum atomic E-state index is -1.16. The molecule has 25 heavy (non-hydrogen) atoms. The smallest absolute Gasteiger partial charge is 0.337 e. The lowest BCUT2D eigenvalue weighted by atomic mass is 10.0. The van der Waals surface area contributed by atoms with Crippen molar-refractivity contribution < 1.29 is 19.4 Å². The van der Waals surface area contributed by atoms with Crippen LogP contribution in [-0.4, -0.2) is 30.1 Å². The first-order valence-corrected chi connectivity index (χ1v) is 8.22. The van der Waals surface area contributed by atoms with Crippen molar-refractivity contribution in [1.82, 2.24) is 5.32 Å². The molecule has 2 N–H and O–H groups in total. The number of hydrogen-bond donors (Lipinski definition) is 2. The van der Waals surface area contributed by atoms with Crippen LogP contribution in [0, 0.1) is 0 Å². The van der Waals surface area contributed by atoms with Crippen molar-refractivity contribution in [3.63, 3.8) is 0 Å². The highest BCUT2D eigenvalue weighted by molar-refractivity contribution is 5.89. The van der Waals surface area contributed by atoms with Gasteiger partial charge in [-0.3, -0.25) is 4.79 Å². The summed E-state index contributed by atoms with van der Waals surface area (Å²) in [6.45, 7) is 1.90. The first-order chi connectivity index (χ1) is 12.0. The number of amides is 1. The quantitative estimate of drug-likeness (QED) is 0.759. The third-order valence-electron chi connectivity index (χ3n) is 3.99. The van der Waals surface area contributed by atoms with E-state index in [1.807, 2.05) is 25.1 Å². The fourth-order valence-corrected chi connectivity index (χ4v) is 2.49. The molecule has 132 valence electrons. The number of methoxy groups -OCH3 is 1. The summed E-state index contributed by atoms with van der Waals surface area (Å²) in [4.78, 5) is 23.5. The summed E-state index contributed by atoms with van der Waals surface area (Å²) in [5.41, 5.74) is 2.15. The second-order valence-electron chi connectivity index (χ2n) is 5.95. The van der Waals surface area contributed by atoms with Gasteiger partial charge in [-0.15, -0.1) is 0 Å². The van der Waals surface area contributed by atoms with Crippen LogP contribution in [0.1, 0.15) is 40.9 Å². The maximum absolute atomic E-state index is 12.1. The largest absolute Gasteiger partial charge is 0.465 e. The molecule has 0 aliphatic rings. The topological polar surface area (TPSA) is 75.6 Å². The number of rotatable bonds is 7. The van der Waals surface area contributed by atoms with Crippen LogP contribution in [0.15, 0.2) is 54.6 Å². The number of hydrogen-bond acceptors (Lipinski definition) is 4. The Balaban J connectivity index is 1.83. The molecule has 0 heterocycles. The SMILES string of the molecule is COC(=O)c1ccc(CCC(C)NC(=O)C(O)c2ccccc2)cc1. The number of esters is 1. The molecule has 0 saturated carbocycles. The summed E-state index contributed by atoms with van der Waals surface area (Å²) < 4.78 is 4.67. The van der Waals surface area contributed by atoms with Crippen molar-refractivity contribution in [2.75, 3.05) is 7.11 Å². The van der Waals surface area contributed by atoms with Crippen molar-refractivity contribution in [3.05, 3.63) is 71.3 Å². The van der Waals surface area contributed by atoms with Gasteiger partial charge in [-0.05, 0) is 43.0 Å². The Bertz CT molecular complexity index is 697. The van der Waals surface area contributed by atoms with E-state index in [0.717, 1.165) is 18.4 Å². The Kier molecular flexibility index (Phi) is 6.71. The first kappa shape index (κ1) is 18.7. The highest BCUT2D eigenvalue weighted by Gasteiger charge is 2.18. The lowest BCUT2D eigenvalue weighted by molar-refractivity contribution is -0.130. The molecule has 2 aromatic carbocycles. The molecule has 2 rings (SSSR count). The molecule has 5 heteroatoms. The summed E-state index contributed by atoms with van der Waals surface area (Å²) in [5.74, 6) is -0.762. The van der Waals surface area contributed by atoms with E-state index in [-0.39, 0.29) is 12.0 Å². The summed E-state index contributed by atoms with van der Waals surface area (Å²) in [6.07, 6.45) is 0.317. The molecule has 0 saturated heterocycles. The van der Waals surface area contributed by atoms with Crippen LogP contribution in [0.3, 0.4) is 0 Å². The summed E-state index contributed by atoms with van der Waals surface area (Å²) in [6, 6.07) is 16.0. The van der Waals surface area contributed by atoms with E-state index >= 15 is 0 Å². The molecule has 0 aliphatic heterocycles. The van der Waals surface area contributed by atoms with Gasteiger partial charge >= 0.3 is 5.97 Å². The number of aliphatic hydroxyl groups excluding tert-OH is 1. The van der Waals surface area contributed by atoms with E-state index in [1.54, 1.807) is 36.4 Å². The van der Waals surface area contributed by atoms with Gasteiger partial charge in [0.1, 0.15) is 0 Å². The van der Waals surface area contributed by atoms with Crippen LogP contribution >= 0.6 is 0 Å². The Morgan fingerprint density at radius 1 is 1.08 bits per heavy atom. The lowest BCUT2D eigenvalue weighted by Crippen LogP contribution is -2.36. The maximum Gasteiger partial charge on any atom is 0.337 e. The van der Waals surface area contributed by atoms with Gasteiger partial charge in [0.2, 0.25) is 0 Å². The van der Waals surface area contributed by atoms with Gasteiger partial charge in [-0.25, -0.2) is 4.79 Å². The minimum absolute atomic E-state index is 0.0776. The van der Waals surface area contributed by atoms with Crippen LogP contribution in [0.25, 0.3) is 0 Å². The van der Waals surface area contributed by atoms with Gasteiger partial charge in [0.25, 0.3) is 5.91 Å². The summed E-state index contributed by atoms with van der Waals surface area (Å²) >= 11 is 0. The van der Waals surface area contributed by atoms with Crippen LogP contribution in [-0.2, 0) is 16.0 Å². The molecular weight excluding hydrogens is 318 g/mol. The van der Waals surface area contributed by atoms with E-state index in [9.17, 15) is 14.7 Å². The predicted octanol–water partition coefficient (Wildman–Crippen LogP) is 2.64. The fraction of sp³-hybridized carbons (Fsp3) is 0.300. The van der Waals surface area contributed by atoms with Crippen LogP contribution < -0.4 is 5.32 Å². The molecule has 0 fully saturated rings. The van der Waals surface area contributed by atoms with Gasteiger partial charge in [-0.2, -0.15) is 0 Å². The van der Waals surface area contributed by atoms with Gasteiger partial charge < -0.3 is 15.2 Å². The molecule has 0 radical (unpaired) electrons. The zero-order chi connectivity index (χ0) is 18.2. The Morgan fingerprint density at radius 2 is 1.72 bits per heavy atom. The van der Waals surface area contributed by atoms with Gasteiger partial charge in [0.15, 0.2) is 6.10 Å². The highest BCUT2D eigenvalue weighted by atomic mass is 16.5. The number of carbonyl (C=O) groups is 2. The monoisotopic (exact) mass is 341 g/mol. The molecule has 1 amide bonds. The number of aryl methyl sites for hydroxylation is 1. The normalized spacial score (nSPS) is 12.9. The van der Waals surface area contributed by atoms with Crippen LogP contribution in [0.5, 0.6) is 0 Å². The number of nitrogens with one attached hydrogen (secondary N) is 1. The number of aliphatic hydroxyl groups is 1. The number of ether oxygens (including phenoxy) is 1. The second kappa shape index (κ2) is 8.99. The number of carbonyl (C=O) groups excluding carboxylic acids is 2. The molecular formula is C20H23NO4.